The first-order valence-corrected chi connectivity index (χ1v) is 10.1. The quantitative estimate of drug-likeness (QED) is 0.882. The van der Waals surface area contributed by atoms with Crippen molar-refractivity contribution >= 4 is 31.3 Å². The van der Waals surface area contributed by atoms with Gasteiger partial charge in [-0.2, -0.15) is 0 Å². The number of hydrogen-bond donors (Lipinski definition) is 1. The molecule has 21 heavy (non-hydrogen) atoms. The Balaban J connectivity index is 2.22. The van der Waals surface area contributed by atoms with Crippen molar-refractivity contribution in [3.8, 4) is 0 Å². The number of sulfone groups is 2. The van der Waals surface area contributed by atoms with Crippen molar-refractivity contribution < 1.29 is 21.6 Å². The van der Waals surface area contributed by atoms with E-state index in [2.05, 4.69) is 5.32 Å². The van der Waals surface area contributed by atoms with Crippen LogP contribution in [0.3, 0.4) is 0 Å². The van der Waals surface area contributed by atoms with Crippen LogP contribution in [-0.2, 0) is 24.5 Å². The van der Waals surface area contributed by atoms with E-state index in [0.717, 1.165) is 11.8 Å². The standard InChI is InChI=1S/C13H17NO5S2/c1-9-3-4-11(20(2,16)17)7-12(9)14-13(15)10-5-6-21(18,19)8-10/h3-4,7,10H,5-6,8H2,1-2H3,(H,14,15)/t10-/m1/s1. The van der Waals surface area contributed by atoms with Crippen LogP contribution in [0.15, 0.2) is 23.1 Å². The van der Waals surface area contributed by atoms with Crippen LogP contribution in [0.4, 0.5) is 5.69 Å². The number of carbonyl (C=O) groups is 1. The molecule has 1 atom stereocenters. The Morgan fingerprint density at radius 2 is 2.00 bits per heavy atom. The van der Waals surface area contributed by atoms with Gasteiger partial charge in [-0.1, -0.05) is 6.07 Å². The first-order chi connectivity index (χ1) is 9.58. The molecule has 1 fully saturated rings. The van der Waals surface area contributed by atoms with Gasteiger partial charge in [0.1, 0.15) is 0 Å². The van der Waals surface area contributed by atoms with E-state index in [1.165, 1.54) is 12.1 Å². The molecule has 0 aliphatic carbocycles. The topological polar surface area (TPSA) is 97.4 Å². The molecule has 1 saturated heterocycles. The minimum Gasteiger partial charge on any atom is -0.326 e. The lowest BCUT2D eigenvalue weighted by Gasteiger charge is -2.12. The van der Waals surface area contributed by atoms with Crippen LogP contribution in [-0.4, -0.2) is 40.5 Å². The largest absolute Gasteiger partial charge is 0.326 e. The smallest absolute Gasteiger partial charge is 0.228 e. The normalized spacial score (nSPS) is 21.1. The van der Waals surface area contributed by atoms with Gasteiger partial charge in [0.25, 0.3) is 0 Å². The fourth-order valence-electron chi connectivity index (χ4n) is 2.20. The first kappa shape index (κ1) is 16.0. The van der Waals surface area contributed by atoms with Crippen LogP contribution >= 0.6 is 0 Å². The molecule has 1 aromatic carbocycles. The molecule has 6 nitrogen and oxygen atoms in total. The number of aryl methyl sites for hydroxylation is 1. The SMILES string of the molecule is Cc1ccc(S(C)(=O)=O)cc1NC(=O)[C@@H]1CCS(=O)(=O)C1. The molecular formula is C13H17NO5S2. The lowest BCUT2D eigenvalue weighted by molar-refractivity contribution is -0.119. The molecule has 116 valence electrons. The Labute approximate surface area is 124 Å². The number of carbonyl (C=O) groups excluding carboxylic acids is 1. The zero-order chi connectivity index (χ0) is 15.8. The summed E-state index contributed by atoms with van der Waals surface area (Å²) in [6, 6.07) is 4.48. The van der Waals surface area contributed by atoms with Crippen molar-refractivity contribution in [3.05, 3.63) is 23.8 Å². The maximum atomic E-state index is 12.1. The highest BCUT2D eigenvalue weighted by molar-refractivity contribution is 7.91. The molecule has 1 heterocycles. The van der Waals surface area contributed by atoms with Crippen LogP contribution in [0.5, 0.6) is 0 Å². The average molecular weight is 331 g/mol. The third-order valence-corrected chi connectivity index (χ3v) is 6.38. The van der Waals surface area contributed by atoms with Crippen LogP contribution in [0, 0.1) is 12.8 Å². The average Bonchev–Trinajstić information content (AvgIpc) is 2.71. The van der Waals surface area contributed by atoms with Gasteiger partial charge < -0.3 is 5.32 Å². The highest BCUT2D eigenvalue weighted by Gasteiger charge is 2.33. The fraction of sp³-hybridized carbons (Fsp3) is 0.462. The van der Waals surface area contributed by atoms with E-state index < -0.39 is 25.6 Å². The zero-order valence-corrected chi connectivity index (χ0v) is 13.4. The Kier molecular flexibility index (Phi) is 4.12. The molecule has 0 spiro atoms. The molecule has 1 aliphatic heterocycles. The second-order valence-electron chi connectivity index (χ2n) is 5.34. The summed E-state index contributed by atoms with van der Waals surface area (Å²) < 4.78 is 45.8. The molecule has 0 bridgehead atoms. The molecule has 1 aliphatic rings. The number of amides is 1. The summed E-state index contributed by atoms with van der Waals surface area (Å²) in [6.07, 6.45) is 1.39. The van der Waals surface area contributed by atoms with E-state index in [-0.39, 0.29) is 22.3 Å². The molecule has 0 aromatic heterocycles. The van der Waals surface area contributed by atoms with E-state index in [1.54, 1.807) is 13.0 Å². The molecule has 0 radical (unpaired) electrons. The lowest BCUT2D eigenvalue weighted by Crippen LogP contribution is -2.24. The van der Waals surface area contributed by atoms with Gasteiger partial charge >= 0.3 is 0 Å². The lowest BCUT2D eigenvalue weighted by atomic mass is 10.1. The van der Waals surface area contributed by atoms with E-state index in [0.29, 0.717) is 12.1 Å². The van der Waals surface area contributed by atoms with Crippen molar-refractivity contribution in [1.82, 2.24) is 0 Å². The van der Waals surface area contributed by atoms with Crippen molar-refractivity contribution in [2.75, 3.05) is 23.1 Å². The summed E-state index contributed by atoms with van der Waals surface area (Å²) in [4.78, 5) is 12.2. The van der Waals surface area contributed by atoms with Crippen LogP contribution < -0.4 is 5.32 Å². The maximum Gasteiger partial charge on any atom is 0.228 e. The monoisotopic (exact) mass is 331 g/mol. The summed E-state index contributed by atoms with van der Waals surface area (Å²) >= 11 is 0. The molecule has 0 unspecified atom stereocenters. The maximum absolute atomic E-state index is 12.1. The van der Waals surface area contributed by atoms with Gasteiger partial charge in [0.2, 0.25) is 5.91 Å². The number of anilines is 1. The molecule has 0 saturated carbocycles. The molecule has 1 N–H and O–H groups in total. The van der Waals surface area contributed by atoms with Crippen molar-refractivity contribution in [3.63, 3.8) is 0 Å². The van der Waals surface area contributed by atoms with E-state index in [4.69, 9.17) is 0 Å². The molecule has 8 heteroatoms. The van der Waals surface area contributed by atoms with Crippen LogP contribution in [0.25, 0.3) is 0 Å². The minimum atomic E-state index is -3.36. The second-order valence-corrected chi connectivity index (χ2v) is 9.58. The Morgan fingerprint density at radius 3 is 2.52 bits per heavy atom. The van der Waals surface area contributed by atoms with Gasteiger partial charge in [-0.25, -0.2) is 16.8 Å². The summed E-state index contributed by atoms with van der Waals surface area (Å²) in [6.45, 7) is 1.74. The van der Waals surface area contributed by atoms with Gasteiger partial charge in [-0.05, 0) is 31.0 Å². The van der Waals surface area contributed by atoms with Gasteiger partial charge in [0.15, 0.2) is 19.7 Å². The van der Waals surface area contributed by atoms with Crippen molar-refractivity contribution in [2.24, 2.45) is 5.92 Å². The molecule has 2 rings (SSSR count). The predicted octanol–water partition coefficient (Wildman–Crippen LogP) is 0.772. The summed E-state index contributed by atoms with van der Waals surface area (Å²) in [5, 5.41) is 2.63. The highest BCUT2D eigenvalue weighted by Crippen LogP contribution is 2.24. The molecule has 1 aromatic rings. The van der Waals surface area contributed by atoms with Gasteiger partial charge in [0.05, 0.1) is 22.3 Å². The van der Waals surface area contributed by atoms with E-state index in [9.17, 15) is 21.6 Å². The summed E-state index contributed by atoms with van der Waals surface area (Å²) in [5.41, 5.74) is 1.11. The minimum absolute atomic E-state index is 0.0213. The number of hydrogen-bond acceptors (Lipinski definition) is 5. The first-order valence-electron chi connectivity index (χ1n) is 6.40. The highest BCUT2D eigenvalue weighted by atomic mass is 32.2. The molecular weight excluding hydrogens is 314 g/mol. The third kappa shape index (κ3) is 3.82. The predicted molar refractivity (Wildman–Crippen MR) is 79.7 cm³/mol. The third-order valence-electron chi connectivity index (χ3n) is 3.50. The van der Waals surface area contributed by atoms with Crippen molar-refractivity contribution in [1.29, 1.82) is 0 Å². The number of nitrogens with one attached hydrogen (secondary N) is 1. The van der Waals surface area contributed by atoms with Crippen molar-refractivity contribution in [2.45, 2.75) is 18.2 Å². The van der Waals surface area contributed by atoms with Gasteiger partial charge in [0, 0.05) is 11.9 Å². The summed E-state index contributed by atoms with van der Waals surface area (Å²) in [5.74, 6) is -1.09. The van der Waals surface area contributed by atoms with E-state index >= 15 is 0 Å². The fourth-order valence-corrected chi connectivity index (χ4v) is 4.59. The molecule has 1 amide bonds. The van der Waals surface area contributed by atoms with Gasteiger partial charge in [-0.3, -0.25) is 4.79 Å². The van der Waals surface area contributed by atoms with Gasteiger partial charge in [-0.15, -0.1) is 0 Å². The zero-order valence-electron chi connectivity index (χ0n) is 11.8. The Bertz CT molecular complexity index is 781. The Hall–Kier alpha value is -1.41. The Morgan fingerprint density at radius 1 is 1.33 bits per heavy atom. The van der Waals surface area contributed by atoms with Crippen LogP contribution in [0.2, 0.25) is 0 Å². The van der Waals surface area contributed by atoms with E-state index in [1.807, 2.05) is 0 Å². The number of rotatable bonds is 3. The number of benzene rings is 1. The van der Waals surface area contributed by atoms with Crippen LogP contribution in [0.1, 0.15) is 12.0 Å². The summed E-state index contributed by atoms with van der Waals surface area (Å²) in [7, 11) is -6.49. The second kappa shape index (κ2) is 5.42.